The van der Waals surface area contributed by atoms with Crippen molar-refractivity contribution in [2.45, 2.75) is 11.8 Å². The van der Waals surface area contributed by atoms with Crippen molar-refractivity contribution in [1.29, 1.82) is 0 Å². The summed E-state index contributed by atoms with van der Waals surface area (Å²) in [5, 5.41) is 5.01. The van der Waals surface area contributed by atoms with Crippen LogP contribution in [0.2, 0.25) is 5.02 Å². The minimum absolute atomic E-state index is 0.0318. The first-order chi connectivity index (χ1) is 14.6. The molecule has 162 valence electrons. The van der Waals surface area contributed by atoms with Gasteiger partial charge in [-0.1, -0.05) is 35.6 Å². The van der Waals surface area contributed by atoms with Crippen LogP contribution in [0.4, 0.5) is 5.69 Å². The first kappa shape index (κ1) is 23.1. The van der Waals surface area contributed by atoms with E-state index in [9.17, 15) is 18.0 Å². The highest BCUT2D eigenvalue weighted by molar-refractivity contribution is 8.26. The van der Waals surface area contributed by atoms with Gasteiger partial charge in [-0.2, -0.15) is 8.42 Å². The van der Waals surface area contributed by atoms with Crippen molar-refractivity contribution in [3.05, 3.63) is 51.9 Å². The summed E-state index contributed by atoms with van der Waals surface area (Å²) in [6.45, 7) is 1.34. The van der Waals surface area contributed by atoms with E-state index in [-0.39, 0.29) is 33.2 Å². The number of rotatable bonds is 6. The Morgan fingerprint density at radius 1 is 1.26 bits per heavy atom. The van der Waals surface area contributed by atoms with Gasteiger partial charge in [-0.3, -0.25) is 9.59 Å². The summed E-state index contributed by atoms with van der Waals surface area (Å²) in [5.74, 6) is -0.760. The number of thioether (sulfide) groups is 1. The molecule has 31 heavy (non-hydrogen) atoms. The van der Waals surface area contributed by atoms with Crippen LogP contribution in [0, 0.1) is 0 Å². The Morgan fingerprint density at radius 3 is 2.48 bits per heavy atom. The molecule has 2 amide bonds. The zero-order valence-corrected chi connectivity index (χ0v) is 19.3. The third kappa shape index (κ3) is 5.56. The van der Waals surface area contributed by atoms with E-state index >= 15 is 0 Å². The molecule has 0 radical (unpaired) electrons. The molecular formula is C19H15ClN2O6S3. The predicted molar refractivity (Wildman–Crippen MR) is 123 cm³/mol. The van der Waals surface area contributed by atoms with Gasteiger partial charge in [0.05, 0.1) is 17.0 Å². The van der Waals surface area contributed by atoms with E-state index in [1.54, 1.807) is 6.08 Å². The molecule has 12 heteroatoms. The van der Waals surface area contributed by atoms with Gasteiger partial charge in [0, 0.05) is 12.6 Å². The van der Waals surface area contributed by atoms with Gasteiger partial charge >= 0.3 is 10.1 Å². The maximum atomic E-state index is 12.7. The number of nitrogens with one attached hydrogen (secondary N) is 2. The SMILES string of the molecule is COc1cc(C=C2SC(=S)NC2=O)cc(Cl)c1OS(=O)(=O)c1ccc(NC(C)=O)cc1. The third-order valence-electron chi connectivity index (χ3n) is 3.85. The van der Waals surface area contributed by atoms with E-state index < -0.39 is 10.1 Å². The lowest BCUT2D eigenvalue weighted by molar-refractivity contribution is -0.115. The molecule has 0 unspecified atom stereocenters. The van der Waals surface area contributed by atoms with Crippen LogP contribution in [-0.2, 0) is 19.7 Å². The van der Waals surface area contributed by atoms with Crippen molar-refractivity contribution >= 4 is 73.6 Å². The smallest absolute Gasteiger partial charge is 0.339 e. The fraction of sp³-hybridized carbons (Fsp3) is 0.105. The molecule has 2 aromatic rings. The number of methoxy groups -OCH3 is 1. The van der Waals surface area contributed by atoms with Crippen molar-refractivity contribution in [2.24, 2.45) is 0 Å². The van der Waals surface area contributed by atoms with E-state index in [0.717, 1.165) is 11.8 Å². The summed E-state index contributed by atoms with van der Waals surface area (Å²) < 4.78 is 36.2. The van der Waals surface area contributed by atoms with Crippen molar-refractivity contribution in [2.75, 3.05) is 12.4 Å². The summed E-state index contributed by atoms with van der Waals surface area (Å²) in [6, 6.07) is 8.37. The van der Waals surface area contributed by atoms with Gasteiger partial charge in [0.1, 0.15) is 9.22 Å². The van der Waals surface area contributed by atoms with Crippen molar-refractivity contribution in [1.82, 2.24) is 5.32 Å². The molecule has 1 aliphatic heterocycles. The molecule has 2 N–H and O–H groups in total. The minimum atomic E-state index is -4.24. The van der Waals surface area contributed by atoms with E-state index in [2.05, 4.69) is 10.6 Å². The summed E-state index contributed by atoms with van der Waals surface area (Å²) in [5.41, 5.74) is 0.932. The molecule has 0 saturated carbocycles. The summed E-state index contributed by atoms with van der Waals surface area (Å²) in [6.07, 6.45) is 1.55. The lowest BCUT2D eigenvalue weighted by Gasteiger charge is -2.13. The number of halogens is 1. The predicted octanol–water partition coefficient (Wildman–Crippen LogP) is 3.56. The Kier molecular flexibility index (Phi) is 6.90. The van der Waals surface area contributed by atoms with E-state index in [1.165, 1.54) is 50.4 Å². The summed E-state index contributed by atoms with van der Waals surface area (Å²) >= 11 is 12.3. The largest absolute Gasteiger partial charge is 0.493 e. The number of carbonyl (C=O) groups is 2. The van der Waals surface area contributed by atoms with Gasteiger partial charge in [-0.05, 0) is 48.0 Å². The molecule has 1 saturated heterocycles. The zero-order valence-electron chi connectivity index (χ0n) is 16.1. The third-order valence-corrected chi connectivity index (χ3v) is 6.53. The first-order valence-electron chi connectivity index (χ1n) is 8.53. The highest BCUT2D eigenvalue weighted by Crippen LogP contribution is 2.39. The summed E-state index contributed by atoms with van der Waals surface area (Å²) in [4.78, 5) is 23.2. The van der Waals surface area contributed by atoms with Crippen LogP contribution in [-0.4, -0.2) is 31.7 Å². The number of amides is 2. The highest BCUT2D eigenvalue weighted by atomic mass is 35.5. The quantitative estimate of drug-likeness (QED) is 0.353. The van der Waals surface area contributed by atoms with Crippen LogP contribution in [0.15, 0.2) is 46.2 Å². The second kappa shape index (κ2) is 9.27. The molecule has 1 aliphatic rings. The minimum Gasteiger partial charge on any atom is -0.493 e. The molecular weight excluding hydrogens is 484 g/mol. The Hall–Kier alpha value is -2.60. The normalized spacial score (nSPS) is 15.0. The van der Waals surface area contributed by atoms with Crippen molar-refractivity contribution in [3.63, 3.8) is 0 Å². The molecule has 2 aromatic carbocycles. The number of benzene rings is 2. The van der Waals surface area contributed by atoms with Gasteiger partial charge in [-0.25, -0.2) is 0 Å². The topological polar surface area (TPSA) is 111 Å². The number of ether oxygens (including phenoxy) is 1. The lowest BCUT2D eigenvalue weighted by Crippen LogP contribution is -2.17. The first-order valence-corrected chi connectivity index (χ1v) is 11.5. The fourth-order valence-corrected chi connectivity index (χ4v) is 4.85. The summed E-state index contributed by atoms with van der Waals surface area (Å²) in [7, 11) is -2.91. The van der Waals surface area contributed by atoms with Crippen LogP contribution in [0.25, 0.3) is 6.08 Å². The highest BCUT2D eigenvalue weighted by Gasteiger charge is 2.24. The number of carbonyl (C=O) groups excluding carboxylic acids is 2. The molecule has 0 bridgehead atoms. The lowest BCUT2D eigenvalue weighted by atomic mass is 10.2. The van der Waals surface area contributed by atoms with Crippen LogP contribution in [0.3, 0.4) is 0 Å². The van der Waals surface area contributed by atoms with Crippen LogP contribution in [0.1, 0.15) is 12.5 Å². The average molecular weight is 499 g/mol. The zero-order chi connectivity index (χ0) is 22.8. The van der Waals surface area contributed by atoms with Gasteiger partial charge in [0.15, 0.2) is 5.75 Å². The van der Waals surface area contributed by atoms with Gasteiger partial charge in [0.2, 0.25) is 11.7 Å². The van der Waals surface area contributed by atoms with Gasteiger partial charge < -0.3 is 19.6 Å². The molecule has 1 fully saturated rings. The maximum absolute atomic E-state index is 12.7. The van der Waals surface area contributed by atoms with E-state index in [4.69, 9.17) is 32.7 Å². The molecule has 8 nitrogen and oxygen atoms in total. The van der Waals surface area contributed by atoms with Crippen molar-refractivity contribution in [3.8, 4) is 11.5 Å². The number of hydrogen-bond acceptors (Lipinski definition) is 8. The number of thiocarbonyl (C=S) groups is 1. The maximum Gasteiger partial charge on any atom is 0.339 e. The van der Waals surface area contributed by atoms with Crippen LogP contribution < -0.4 is 19.6 Å². The Labute approximate surface area is 193 Å². The second-order valence-corrected chi connectivity index (χ2v) is 9.80. The Bertz CT molecular complexity index is 1210. The average Bonchev–Trinajstić information content (AvgIpc) is 3.00. The molecule has 0 spiro atoms. The molecule has 0 aliphatic carbocycles. The molecule has 0 atom stereocenters. The molecule has 3 rings (SSSR count). The van der Waals surface area contributed by atoms with E-state index in [0.29, 0.717) is 20.5 Å². The number of anilines is 1. The van der Waals surface area contributed by atoms with Crippen LogP contribution >= 0.6 is 35.6 Å². The van der Waals surface area contributed by atoms with Crippen LogP contribution in [0.5, 0.6) is 11.5 Å². The van der Waals surface area contributed by atoms with E-state index in [1.807, 2.05) is 0 Å². The number of hydrogen-bond donors (Lipinski definition) is 2. The molecule has 0 aromatic heterocycles. The standard InChI is InChI=1S/C19H15ClN2O6S3/c1-10(23)21-12-3-5-13(6-4-12)31(25,26)28-17-14(20)7-11(8-15(17)27-2)9-16-18(24)22-19(29)30-16/h3-9H,1-2H3,(H,21,23)(H,22,24,29). The van der Waals surface area contributed by atoms with Gasteiger partial charge in [-0.15, -0.1) is 0 Å². The molecule has 1 heterocycles. The van der Waals surface area contributed by atoms with Gasteiger partial charge in [0.25, 0.3) is 5.91 Å². The fourth-order valence-electron chi connectivity index (χ4n) is 2.54. The van der Waals surface area contributed by atoms with Crippen molar-refractivity contribution < 1.29 is 26.9 Å². The monoisotopic (exact) mass is 498 g/mol. The second-order valence-electron chi connectivity index (χ2n) is 6.13. The Balaban J connectivity index is 1.90. The Morgan fingerprint density at radius 2 is 1.94 bits per heavy atom.